The Morgan fingerprint density at radius 3 is 2.25 bits per heavy atom. The van der Waals surface area contributed by atoms with Crippen molar-refractivity contribution < 1.29 is 5.11 Å². The maximum absolute atomic E-state index is 8.92. The highest BCUT2D eigenvalue weighted by Crippen LogP contribution is 1.91. The number of hydrogen-bond donors (Lipinski definition) is 3. The molecule has 0 saturated heterocycles. The first-order valence-electron chi connectivity index (χ1n) is 2.86. The maximum atomic E-state index is 8.92. The zero-order valence-electron chi connectivity index (χ0n) is 5.17. The molecule has 3 heteroatoms. The molecule has 3 nitrogen and oxygen atoms in total. The van der Waals surface area contributed by atoms with E-state index in [1.807, 2.05) is 6.92 Å². The molecule has 1 unspecified atom stereocenters. The summed E-state index contributed by atoms with van der Waals surface area (Å²) in [5, 5.41) is 8.92. The van der Waals surface area contributed by atoms with Crippen molar-refractivity contribution in [3.05, 3.63) is 0 Å². The molecule has 0 aliphatic heterocycles. The molecule has 5 N–H and O–H groups in total. The van der Waals surface area contributed by atoms with Crippen LogP contribution in [-0.2, 0) is 0 Å². The van der Waals surface area contributed by atoms with Crippen molar-refractivity contribution in [2.24, 2.45) is 11.5 Å². The highest BCUT2D eigenvalue weighted by Gasteiger charge is 2.08. The third-order valence-corrected chi connectivity index (χ3v) is 1.18. The zero-order valence-corrected chi connectivity index (χ0v) is 5.17. The van der Waals surface area contributed by atoms with Crippen LogP contribution >= 0.6 is 0 Å². The fourth-order valence-corrected chi connectivity index (χ4v) is 0.460. The molecule has 0 heterocycles. The topological polar surface area (TPSA) is 72.3 Å². The van der Waals surface area contributed by atoms with Crippen LogP contribution in [0.3, 0.4) is 0 Å². The summed E-state index contributed by atoms with van der Waals surface area (Å²) in [5.41, 5.74) is 10.5. The Kier molecular flexibility index (Phi) is 3.77. The van der Waals surface area contributed by atoms with Gasteiger partial charge in [0.05, 0.1) is 6.10 Å². The molecule has 0 amide bonds. The lowest BCUT2D eigenvalue weighted by Gasteiger charge is -2.13. The molecule has 0 aliphatic rings. The average Bonchev–Trinajstić information content (AvgIpc) is 1.84. The number of rotatable bonds is 3. The first kappa shape index (κ1) is 7.88. The van der Waals surface area contributed by atoms with Gasteiger partial charge >= 0.3 is 0 Å². The van der Waals surface area contributed by atoms with E-state index in [9.17, 15) is 0 Å². The van der Waals surface area contributed by atoms with Gasteiger partial charge in [0, 0.05) is 12.6 Å². The smallest absolute Gasteiger partial charge is 0.0700 e. The van der Waals surface area contributed by atoms with Gasteiger partial charge in [-0.3, -0.25) is 0 Å². The minimum atomic E-state index is -0.431. The predicted molar refractivity (Wildman–Crippen MR) is 33.3 cm³/mol. The summed E-state index contributed by atoms with van der Waals surface area (Å²) in [5.74, 6) is 0. The number of nitrogens with two attached hydrogens (primary N) is 2. The quantitative estimate of drug-likeness (QED) is 0.447. The highest BCUT2D eigenvalue weighted by molar-refractivity contribution is 4.69. The predicted octanol–water partition coefficient (Wildman–Crippen LogP) is -0.957. The summed E-state index contributed by atoms with van der Waals surface area (Å²) in [4.78, 5) is 0. The summed E-state index contributed by atoms with van der Waals surface area (Å²) in [6.07, 6.45) is 0.248. The van der Waals surface area contributed by atoms with E-state index in [0.29, 0.717) is 13.0 Å². The molecule has 2 atom stereocenters. The molecule has 0 aromatic rings. The van der Waals surface area contributed by atoms with Gasteiger partial charge in [0.1, 0.15) is 0 Å². The zero-order chi connectivity index (χ0) is 6.57. The van der Waals surface area contributed by atoms with Gasteiger partial charge in [-0.05, 0) is 6.42 Å². The van der Waals surface area contributed by atoms with Crippen LogP contribution in [0.2, 0.25) is 0 Å². The van der Waals surface area contributed by atoms with E-state index in [4.69, 9.17) is 16.6 Å². The van der Waals surface area contributed by atoms with Gasteiger partial charge in [0.25, 0.3) is 0 Å². The van der Waals surface area contributed by atoms with Gasteiger partial charge in [0.2, 0.25) is 0 Å². The fourth-order valence-electron chi connectivity index (χ4n) is 0.460. The molecule has 8 heavy (non-hydrogen) atoms. The second kappa shape index (κ2) is 3.83. The van der Waals surface area contributed by atoms with Crippen molar-refractivity contribution in [2.75, 3.05) is 6.54 Å². The lowest BCUT2D eigenvalue weighted by atomic mass is 10.1. The third-order valence-electron chi connectivity index (χ3n) is 1.18. The normalized spacial score (nSPS) is 18.0. The van der Waals surface area contributed by atoms with Crippen LogP contribution in [0, 0.1) is 0 Å². The summed E-state index contributed by atoms with van der Waals surface area (Å²) in [6.45, 7) is 2.23. The van der Waals surface area contributed by atoms with E-state index < -0.39 is 6.10 Å². The average molecular weight is 118 g/mol. The molecular weight excluding hydrogens is 104 g/mol. The van der Waals surface area contributed by atoms with E-state index in [1.54, 1.807) is 0 Å². The lowest BCUT2D eigenvalue weighted by Crippen LogP contribution is -2.40. The minimum Gasteiger partial charge on any atom is -0.391 e. The Balaban J connectivity index is 3.29. The Hall–Kier alpha value is -0.120. The van der Waals surface area contributed by atoms with E-state index in [-0.39, 0.29) is 6.04 Å². The van der Waals surface area contributed by atoms with Crippen molar-refractivity contribution in [3.8, 4) is 0 Å². The van der Waals surface area contributed by atoms with Gasteiger partial charge < -0.3 is 16.6 Å². The first-order chi connectivity index (χ1) is 3.72. The largest absolute Gasteiger partial charge is 0.391 e. The Morgan fingerprint density at radius 2 is 2.12 bits per heavy atom. The van der Waals surface area contributed by atoms with Crippen LogP contribution < -0.4 is 11.5 Å². The highest BCUT2D eigenvalue weighted by atomic mass is 16.3. The molecule has 50 valence electrons. The van der Waals surface area contributed by atoms with Crippen molar-refractivity contribution >= 4 is 0 Å². The second-order valence-corrected chi connectivity index (χ2v) is 1.88. The van der Waals surface area contributed by atoms with Crippen molar-refractivity contribution in [1.29, 1.82) is 0 Å². The SMILES string of the molecule is CC[C@@H](O)C(N)CN. The molecule has 0 aromatic heterocycles. The third kappa shape index (κ3) is 2.26. The van der Waals surface area contributed by atoms with Crippen LogP contribution in [0.1, 0.15) is 13.3 Å². The lowest BCUT2D eigenvalue weighted by molar-refractivity contribution is 0.143. The van der Waals surface area contributed by atoms with Gasteiger partial charge in [0.15, 0.2) is 0 Å². The summed E-state index contributed by atoms with van der Waals surface area (Å²) < 4.78 is 0. The molecule has 0 spiro atoms. The van der Waals surface area contributed by atoms with Gasteiger partial charge in [-0.2, -0.15) is 0 Å². The number of hydrogen-bond acceptors (Lipinski definition) is 3. The van der Waals surface area contributed by atoms with Crippen LogP contribution in [0.4, 0.5) is 0 Å². The van der Waals surface area contributed by atoms with Crippen molar-refractivity contribution in [3.63, 3.8) is 0 Å². The Morgan fingerprint density at radius 1 is 1.62 bits per heavy atom. The monoisotopic (exact) mass is 118 g/mol. The number of aliphatic hydroxyl groups is 1. The fraction of sp³-hybridized carbons (Fsp3) is 1.00. The molecule has 0 fully saturated rings. The Labute approximate surface area is 49.7 Å². The van der Waals surface area contributed by atoms with Gasteiger partial charge in [-0.15, -0.1) is 0 Å². The molecule has 0 saturated carbocycles. The van der Waals surface area contributed by atoms with Crippen LogP contribution in [-0.4, -0.2) is 23.8 Å². The second-order valence-electron chi connectivity index (χ2n) is 1.88. The minimum absolute atomic E-state index is 0.250. The molecule has 0 aromatic carbocycles. The standard InChI is InChI=1S/C5H14N2O/c1-2-5(8)4(7)3-6/h4-5,8H,2-3,6-7H2,1H3/t4?,5-/m1/s1. The summed E-state index contributed by atoms with van der Waals surface area (Å²) in [6, 6.07) is -0.250. The molecule has 0 rings (SSSR count). The van der Waals surface area contributed by atoms with E-state index >= 15 is 0 Å². The molecule has 0 aliphatic carbocycles. The number of aliphatic hydroxyl groups excluding tert-OH is 1. The maximum Gasteiger partial charge on any atom is 0.0700 e. The molecule has 0 bridgehead atoms. The van der Waals surface area contributed by atoms with E-state index in [1.165, 1.54) is 0 Å². The summed E-state index contributed by atoms with van der Waals surface area (Å²) >= 11 is 0. The van der Waals surface area contributed by atoms with Crippen LogP contribution in [0.25, 0.3) is 0 Å². The Bertz CT molecular complexity index is 50.4. The van der Waals surface area contributed by atoms with Crippen LogP contribution in [0.15, 0.2) is 0 Å². The van der Waals surface area contributed by atoms with Crippen molar-refractivity contribution in [1.82, 2.24) is 0 Å². The van der Waals surface area contributed by atoms with Crippen molar-refractivity contribution in [2.45, 2.75) is 25.5 Å². The van der Waals surface area contributed by atoms with Gasteiger partial charge in [-0.25, -0.2) is 0 Å². The van der Waals surface area contributed by atoms with Gasteiger partial charge in [-0.1, -0.05) is 6.92 Å². The molecule has 0 radical (unpaired) electrons. The summed E-state index contributed by atoms with van der Waals surface area (Å²) in [7, 11) is 0. The first-order valence-corrected chi connectivity index (χ1v) is 2.86. The molecular formula is C5H14N2O. The van der Waals surface area contributed by atoms with E-state index in [0.717, 1.165) is 0 Å². The van der Waals surface area contributed by atoms with E-state index in [2.05, 4.69) is 0 Å². The van der Waals surface area contributed by atoms with Crippen LogP contribution in [0.5, 0.6) is 0 Å².